The Morgan fingerprint density at radius 1 is 1.09 bits per heavy atom. The topological polar surface area (TPSA) is 57.7 Å². The molecule has 5 nitrogen and oxygen atoms in total. The molecule has 0 aliphatic carbocycles. The van der Waals surface area contributed by atoms with Crippen LogP contribution in [0.15, 0.2) is 24.3 Å². The number of hydrogen-bond acceptors (Lipinski definition) is 3. The molecule has 23 heavy (non-hydrogen) atoms. The molecule has 1 aromatic rings. The molecule has 0 radical (unpaired) electrons. The smallest absolute Gasteiger partial charge is 0.228 e. The van der Waals surface area contributed by atoms with Crippen LogP contribution >= 0.6 is 0 Å². The Bertz CT molecular complexity index is 658. The fraction of sp³-hybridized carbons (Fsp3) is 0.562. The first-order valence-electron chi connectivity index (χ1n) is 7.61. The number of sulfonamides is 1. The molecule has 0 unspecified atom stereocenters. The molecular formula is C16H23FN2O3S. The van der Waals surface area contributed by atoms with Crippen LogP contribution in [0, 0.1) is 11.2 Å². The first-order chi connectivity index (χ1) is 10.6. The van der Waals surface area contributed by atoms with Crippen LogP contribution in [0.5, 0.6) is 0 Å². The Morgan fingerprint density at radius 3 is 2.09 bits per heavy atom. The van der Waals surface area contributed by atoms with Crippen LogP contribution in [-0.4, -0.2) is 49.7 Å². The summed E-state index contributed by atoms with van der Waals surface area (Å²) in [6.07, 6.45) is 0. The normalized spacial score (nSPS) is 17.3. The number of carbonyl (C=O) groups excluding carboxylic acids is 1. The zero-order chi connectivity index (χ0) is 17.3. The monoisotopic (exact) mass is 342 g/mol. The minimum atomic E-state index is -3.46. The molecule has 0 atom stereocenters. The average Bonchev–Trinajstić information content (AvgIpc) is 2.48. The molecule has 1 fully saturated rings. The molecular weight excluding hydrogens is 319 g/mol. The molecule has 128 valence electrons. The number of hydrogen-bond donors (Lipinski definition) is 0. The molecule has 0 spiro atoms. The fourth-order valence-corrected chi connectivity index (χ4v) is 4.04. The molecule has 1 amide bonds. The van der Waals surface area contributed by atoms with Crippen LogP contribution in [0.25, 0.3) is 0 Å². The summed E-state index contributed by atoms with van der Waals surface area (Å²) in [5, 5.41) is 0. The Labute approximate surface area is 137 Å². The van der Waals surface area contributed by atoms with E-state index in [1.165, 1.54) is 28.6 Å². The number of benzene rings is 1. The van der Waals surface area contributed by atoms with Gasteiger partial charge in [-0.15, -0.1) is 0 Å². The van der Waals surface area contributed by atoms with Gasteiger partial charge in [-0.3, -0.25) is 4.79 Å². The van der Waals surface area contributed by atoms with Crippen molar-refractivity contribution < 1.29 is 17.6 Å². The van der Waals surface area contributed by atoms with E-state index in [0.717, 1.165) is 0 Å². The Morgan fingerprint density at radius 2 is 1.61 bits per heavy atom. The van der Waals surface area contributed by atoms with Crippen molar-refractivity contribution in [3.8, 4) is 0 Å². The Hall–Kier alpha value is -1.47. The van der Waals surface area contributed by atoms with Gasteiger partial charge in [0.05, 0.1) is 5.75 Å². The Kier molecular flexibility index (Phi) is 5.10. The van der Waals surface area contributed by atoms with Crippen LogP contribution in [-0.2, 0) is 20.6 Å². The average molecular weight is 342 g/mol. The molecule has 1 saturated heterocycles. The largest absolute Gasteiger partial charge is 0.340 e. The van der Waals surface area contributed by atoms with Crippen molar-refractivity contribution in [3.63, 3.8) is 0 Å². The van der Waals surface area contributed by atoms with Crippen molar-refractivity contribution in [2.75, 3.05) is 26.2 Å². The number of amides is 1. The SMILES string of the molecule is CC(C)(C)C(=O)N1CCN(S(=O)(=O)Cc2ccc(F)cc2)CC1. The van der Waals surface area contributed by atoms with Crippen molar-refractivity contribution in [2.24, 2.45) is 5.41 Å². The second kappa shape index (κ2) is 6.57. The van der Waals surface area contributed by atoms with Crippen molar-refractivity contribution in [1.82, 2.24) is 9.21 Å². The van der Waals surface area contributed by atoms with Crippen LogP contribution < -0.4 is 0 Å². The number of rotatable bonds is 3. The predicted octanol–water partition coefficient (Wildman–Crippen LogP) is 1.85. The summed E-state index contributed by atoms with van der Waals surface area (Å²) in [5.74, 6) is -0.505. The summed E-state index contributed by atoms with van der Waals surface area (Å²) >= 11 is 0. The van der Waals surface area contributed by atoms with E-state index in [0.29, 0.717) is 31.7 Å². The molecule has 7 heteroatoms. The van der Waals surface area contributed by atoms with E-state index >= 15 is 0 Å². The van der Waals surface area contributed by atoms with Gasteiger partial charge in [-0.05, 0) is 17.7 Å². The molecule has 0 bridgehead atoms. The van der Waals surface area contributed by atoms with Gasteiger partial charge in [0.15, 0.2) is 0 Å². The highest BCUT2D eigenvalue weighted by Gasteiger charge is 2.33. The highest BCUT2D eigenvalue weighted by molar-refractivity contribution is 7.88. The molecule has 2 rings (SSSR count). The second-order valence-electron chi connectivity index (χ2n) is 6.82. The van der Waals surface area contributed by atoms with E-state index in [1.54, 1.807) is 4.90 Å². The standard InChI is InChI=1S/C16H23FN2O3S/c1-16(2,3)15(20)18-8-10-19(11-9-18)23(21,22)12-13-4-6-14(17)7-5-13/h4-7H,8-12H2,1-3H3. The van der Waals surface area contributed by atoms with Gasteiger partial charge in [-0.25, -0.2) is 12.8 Å². The van der Waals surface area contributed by atoms with Gasteiger partial charge >= 0.3 is 0 Å². The van der Waals surface area contributed by atoms with E-state index < -0.39 is 15.4 Å². The lowest BCUT2D eigenvalue weighted by atomic mass is 9.94. The minimum absolute atomic E-state index is 0.0353. The molecule has 1 aliphatic rings. The second-order valence-corrected chi connectivity index (χ2v) is 8.79. The van der Waals surface area contributed by atoms with Gasteiger partial charge < -0.3 is 4.90 Å². The number of halogens is 1. The van der Waals surface area contributed by atoms with E-state index in [2.05, 4.69) is 0 Å². The van der Waals surface area contributed by atoms with Gasteiger partial charge in [0.2, 0.25) is 15.9 Å². The van der Waals surface area contributed by atoms with E-state index in [-0.39, 0.29) is 17.5 Å². The van der Waals surface area contributed by atoms with E-state index in [9.17, 15) is 17.6 Å². The van der Waals surface area contributed by atoms with Crippen LogP contribution in [0.1, 0.15) is 26.3 Å². The van der Waals surface area contributed by atoms with Crippen molar-refractivity contribution in [1.29, 1.82) is 0 Å². The predicted molar refractivity (Wildman–Crippen MR) is 86.6 cm³/mol. The molecule has 0 N–H and O–H groups in total. The molecule has 0 aromatic heterocycles. The van der Waals surface area contributed by atoms with E-state index in [4.69, 9.17) is 0 Å². The summed E-state index contributed by atoms with van der Waals surface area (Å²) in [6.45, 7) is 6.96. The van der Waals surface area contributed by atoms with Crippen LogP contribution in [0.3, 0.4) is 0 Å². The summed E-state index contributed by atoms with van der Waals surface area (Å²) in [6, 6.07) is 5.47. The molecule has 1 aliphatic heterocycles. The maximum absolute atomic E-state index is 12.9. The summed E-state index contributed by atoms with van der Waals surface area (Å²) in [5.41, 5.74) is 0.0920. The number of nitrogens with zero attached hydrogens (tertiary/aromatic N) is 2. The maximum atomic E-state index is 12.9. The summed E-state index contributed by atoms with van der Waals surface area (Å²) in [4.78, 5) is 13.9. The fourth-order valence-electron chi connectivity index (χ4n) is 2.53. The molecule has 1 heterocycles. The molecule has 0 saturated carbocycles. The van der Waals surface area contributed by atoms with Gasteiger partial charge in [-0.1, -0.05) is 32.9 Å². The lowest BCUT2D eigenvalue weighted by Crippen LogP contribution is -2.53. The first-order valence-corrected chi connectivity index (χ1v) is 9.22. The summed E-state index contributed by atoms with van der Waals surface area (Å²) in [7, 11) is -3.46. The van der Waals surface area contributed by atoms with Gasteiger partial charge in [0.25, 0.3) is 0 Å². The van der Waals surface area contributed by atoms with Crippen molar-refractivity contribution in [2.45, 2.75) is 26.5 Å². The third kappa shape index (κ3) is 4.51. The van der Waals surface area contributed by atoms with E-state index in [1.807, 2.05) is 20.8 Å². The van der Waals surface area contributed by atoms with Crippen molar-refractivity contribution in [3.05, 3.63) is 35.6 Å². The number of piperazine rings is 1. The summed E-state index contributed by atoms with van der Waals surface area (Å²) < 4.78 is 39.2. The minimum Gasteiger partial charge on any atom is -0.340 e. The highest BCUT2D eigenvalue weighted by atomic mass is 32.2. The zero-order valence-electron chi connectivity index (χ0n) is 13.8. The van der Waals surface area contributed by atoms with Gasteiger partial charge in [-0.2, -0.15) is 4.31 Å². The number of carbonyl (C=O) groups is 1. The lowest BCUT2D eigenvalue weighted by molar-refractivity contribution is -0.140. The lowest BCUT2D eigenvalue weighted by Gasteiger charge is -2.37. The van der Waals surface area contributed by atoms with Gasteiger partial charge in [0.1, 0.15) is 5.82 Å². The maximum Gasteiger partial charge on any atom is 0.228 e. The zero-order valence-corrected chi connectivity index (χ0v) is 14.6. The highest BCUT2D eigenvalue weighted by Crippen LogP contribution is 2.20. The first kappa shape index (κ1) is 17.9. The van der Waals surface area contributed by atoms with Crippen molar-refractivity contribution >= 4 is 15.9 Å². The van der Waals surface area contributed by atoms with Crippen LogP contribution in [0.2, 0.25) is 0 Å². The quantitative estimate of drug-likeness (QED) is 0.842. The van der Waals surface area contributed by atoms with Gasteiger partial charge in [0, 0.05) is 31.6 Å². The Balaban J connectivity index is 1.98. The van der Waals surface area contributed by atoms with Crippen LogP contribution in [0.4, 0.5) is 4.39 Å². The molecule has 1 aromatic carbocycles. The third-order valence-electron chi connectivity index (χ3n) is 3.82. The third-order valence-corrected chi connectivity index (χ3v) is 5.67.